The first-order valence-electron chi connectivity index (χ1n) is 7.65. The van der Waals surface area contributed by atoms with Crippen molar-refractivity contribution in [3.8, 4) is 5.75 Å². The van der Waals surface area contributed by atoms with Crippen molar-refractivity contribution in [2.75, 3.05) is 12.0 Å². The lowest BCUT2D eigenvalue weighted by Crippen LogP contribution is -2.34. The van der Waals surface area contributed by atoms with Gasteiger partial charge < -0.3 is 4.74 Å². The van der Waals surface area contributed by atoms with Gasteiger partial charge in [0.2, 0.25) is 0 Å². The number of hydrogen-bond donors (Lipinski definition) is 1. The van der Waals surface area contributed by atoms with E-state index in [9.17, 15) is 14.0 Å². The van der Waals surface area contributed by atoms with Crippen LogP contribution in [0.3, 0.4) is 0 Å². The Morgan fingerprint density at radius 3 is 2.62 bits per heavy atom. The fraction of sp³-hybridized carbons (Fsp3) is 0.111. The minimum atomic E-state index is -1.09. The van der Waals surface area contributed by atoms with E-state index in [4.69, 9.17) is 21.2 Å². The molecule has 0 aliphatic carbocycles. The zero-order valence-electron chi connectivity index (χ0n) is 13.5. The molecule has 2 aliphatic rings. The molecule has 2 amide bonds. The molecule has 0 spiro atoms. The highest BCUT2D eigenvalue weighted by molar-refractivity contribution is 6.35. The maximum Gasteiger partial charge on any atom is 0.270 e. The van der Waals surface area contributed by atoms with Gasteiger partial charge in [-0.15, -0.1) is 0 Å². The summed E-state index contributed by atoms with van der Waals surface area (Å²) in [4.78, 5) is 32.0. The Kier molecular flexibility index (Phi) is 3.90. The number of fused-ring (bicyclic) bond motifs is 1. The lowest BCUT2D eigenvalue weighted by molar-refractivity contribution is -0.127. The van der Waals surface area contributed by atoms with E-state index in [1.165, 1.54) is 37.4 Å². The molecule has 2 aliphatic heterocycles. The standard InChI is InChI=1S/C18H12ClFN2O4/c1-25-13-7-4-10(19)8-12(13)22-17(23)14-15(21-26-16(14)18(22)24)9-2-5-11(20)6-3-9/h2-8,16,21H,1H3/t16-/m0/s1. The SMILES string of the molecule is COc1ccc(Cl)cc1N1C(=O)C2=C(c3ccc(F)cc3)NO[C@@H]2C1=O. The van der Waals surface area contributed by atoms with Crippen molar-refractivity contribution in [2.24, 2.45) is 0 Å². The zero-order chi connectivity index (χ0) is 18.4. The number of ether oxygens (including phenoxy) is 1. The van der Waals surface area contributed by atoms with Crippen molar-refractivity contribution >= 4 is 34.8 Å². The van der Waals surface area contributed by atoms with Crippen LogP contribution in [-0.2, 0) is 14.4 Å². The number of methoxy groups -OCH3 is 1. The Labute approximate surface area is 152 Å². The third-order valence-corrected chi connectivity index (χ3v) is 4.44. The van der Waals surface area contributed by atoms with Gasteiger partial charge in [-0.25, -0.2) is 9.29 Å². The summed E-state index contributed by atoms with van der Waals surface area (Å²) in [6.45, 7) is 0. The molecule has 2 heterocycles. The molecule has 1 N–H and O–H groups in total. The predicted octanol–water partition coefficient (Wildman–Crippen LogP) is 2.68. The molecule has 4 rings (SSSR count). The molecule has 0 radical (unpaired) electrons. The summed E-state index contributed by atoms with van der Waals surface area (Å²) in [5.74, 6) is -1.19. The van der Waals surface area contributed by atoms with Gasteiger partial charge in [0, 0.05) is 10.6 Å². The second-order valence-corrected chi connectivity index (χ2v) is 6.13. The first-order chi connectivity index (χ1) is 12.5. The smallest absolute Gasteiger partial charge is 0.270 e. The highest BCUT2D eigenvalue weighted by atomic mass is 35.5. The third-order valence-electron chi connectivity index (χ3n) is 4.20. The molecule has 8 heteroatoms. The number of hydrogen-bond acceptors (Lipinski definition) is 5. The van der Waals surface area contributed by atoms with Gasteiger partial charge in [-0.3, -0.25) is 19.9 Å². The maximum atomic E-state index is 13.2. The molecule has 26 heavy (non-hydrogen) atoms. The van der Waals surface area contributed by atoms with Gasteiger partial charge in [0.05, 0.1) is 24.1 Å². The lowest BCUT2D eigenvalue weighted by atomic mass is 10.0. The summed E-state index contributed by atoms with van der Waals surface area (Å²) in [6, 6.07) is 10.2. The van der Waals surface area contributed by atoms with Crippen molar-refractivity contribution in [1.29, 1.82) is 0 Å². The quantitative estimate of drug-likeness (QED) is 0.837. The number of nitrogens with one attached hydrogen (secondary N) is 1. The lowest BCUT2D eigenvalue weighted by Gasteiger charge is -2.18. The number of benzene rings is 2. The summed E-state index contributed by atoms with van der Waals surface area (Å²) in [5.41, 5.74) is 3.85. The number of carbonyl (C=O) groups is 2. The Morgan fingerprint density at radius 1 is 1.19 bits per heavy atom. The number of hydroxylamine groups is 1. The maximum absolute atomic E-state index is 13.2. The van der Waals surface area contributed by atoms with Crippen molar-refractivity contribution in [3.05, 3.63) is 64.4 Å². The van der Waals surface area contributed by atoms with Crippen LogP contribution >= 0.6 is 11.6 Å². The Balaban J connectivity index is 1.82. The second kappa shape index (κ2) is 6.12. The van der Waals surface area contributed by atoms with Gasteiger partial charge in [-0.1, -0.05) is 11.6 Å². The molecule has 6 nitrogen and oxygen atoms in total. The van der Waals surface area contributed by atoms with Crippen LogP contribution in [0, 0.1) is 5.82 Å². The van der Waals surface area contributed by atoms with Crippen molar-refractivity contribution in [1.82, 2.24) is 5.48 Å². The molecule has 1 saturated heterocycles. The number of amides is 2. The fourth-order valence-electron chi connectivity index (χ4n) is 2.99. The van der Waals surface area contributed by atoms with E-state index < -0.39 is 23.7 Å². The van der Waals surface area contributed by atoms with Gasteiger partial charge in [0.15, 0.2) is 6.10 Å². The van der Waals surface area contributed by atoms with Gasteiger partial charge in [0.25, 0.3) is 11.8 Å². The predicted molar refractivity (Wildman–Crippen MR) is 91.8 cm³/mol. The van der Waals surface area contributed by atoms with E-state index in [0.717, 1.165) is 4.90 Å². The number of anilines is 1. The molecule has 0 saturated carbocycles. The average molecular weight is 375 g/mol. The number of carbonyl (C=O) groups excluding carboxylic acids is 2. The molecule has 2 aromatic rings. The molecule has 1 atom stereocenters. The topological polar surface area (TPSA) is 67.9 Å². The van der Waals surface area contributed by atoms with Crippen LogP contribution in [0.2, 0.25) is 5.02 Å². The van der Waals surface area contributed by atoms with Crippen LogP contribution in [0.5, 0.6) is 5.75 Å². The zero-order valence-corrected chi connectivity index (χ0v) is 14.2. The summed E-state index contributed by atoms with van der Waals surface area (Å²) in [5, 5.41) is 0.352. The highest BCUT2D eigenvalue weighted by Crippen LogP contribution is 2.40. The molecule has 132 valence electrons. The summed E-state index contributed by atoms with van der Waals surface area (Å²) in [6.07, 6.45) is -1.09. The van der Waals surface area contributed by atoms with Gasteiger partial charge in [-0.2, -0.15) is 0 Å². The molecular formula is C18H12ClFN2O4. The number of imide groups is 1. The van der Waals surface area contributed by atoms with Crippen LogP contribution in [0.15, 0.2) is 48.0 Å². The minimum Gasteiger partial charge on any atom is -0.495 e. The first kappa shape index (κ1) is 16.6. The van der Waals surface area contributed by atoms with Crippen LogP contribution in [0.1, 0.15) is 5.56 Å². The number of nitrogens with zero attached hydrogens (tertiary/aromatic N) is 1. The third kappa shape index (κ3) is 2.44. The molecule has 2 aromatic carbocycles. The average Bonchev–Trinajstić information content (AvgIpc) is 3.16. The van der Waals surface area contributed by atoms with Crippen molar-refractivity contribution in [3.63, 3.8) is 0 Å². The summed E-state index contributed by atoms with van der Waals surface area (Å²) >= 11 is 6.01. The minimum absolute atomic E-state index is 0.156. The molecule has 0 aromatic heterocycles. The van der Waals surface area contributed by atoms with E-state index in [2.05, 4.69) is 5.48 Å². The van der Waals surface area contributed by atoms with Crippen molar-refractivity contribution < 1.29 is 23.6 Å². The van der Waals surface area contributed by atoms with E-state index in [-0.39, 0.29) is 11.3 Å². The Bertz CT molecular complexity index is 958. The van der Waals surface area contributed by atoms with E-state index in [1.54, 1.807) is 12.1 Å². The largest absolute Gasteiger partial charge is 0.495 e. The fourth-order valence-corrected chi connectivity index (χ4v) is 3.16. The van der Waals surface area contributed by atoms with E-state index in [1.807, 2.05) is 0 Å². The molecule has 0 bridgehead atoms. The monoisotopic (exact) mass is 374 g/mol. The van der Waals surface area contributed by atoms with Gasteiger partial charge in [-0.05, 0) is 42.5 Å². The van der Waals surface area contributed by atoms with E-state index in [0.29, 0.717) is 22.0 Å². The number of halogens is 2. The van der Waals surface area contributed by atoms with Crippen molar-refractivity contribution in [2.45, 2.75) is 6.10 Å². The highest BCUT2D eigenvalue weighted by Gasteiger charge is 2.51. The summed E-state index contributed by atoms with van der Waals surface area (Å²) < 4.78 is 18.4. The van der Waals surface area contributed by atoms with Gasteiger partial charge in [0.1, 0.15) is 11.6 Å². The van der Waals surface area contributed by atoms with Gasteiger partial charge >= 0.3 is 0 Å². The van der Waals surface area contributed by atoms with Crippen LogP contribution in [0.4, 0.5) is 10.1 Å². The van der Waals surface area contributed by atoms with E-state index >= 15 is 0 Å². The van der Waals surface area contributed by atoms with Crippen LogP contribution in [-0.4, -0.2) is 25.0 Å². The molecule has 0 unspecified atom stereocenters. The number of rotatable bonds is 3. The molecular weight excluding hydrogens is 363 g/mol. The normalized spacial score (nSPS) is 19.0. The second-order valence-electron chi connectivity index (χ2n) is 5.69. The first-order valence-corrected chi connectivity index (χ1v) is 8.02. The van der Waals surface area contributed by atoms with Crippen LogP contribution in [0.25, 0.3) is 5.70 Å². The van der Waals surface area contributed by atoms with Crippen LogP contribution < -0.4 is 15.1 Å². The Morgan fingerprint density at radius 2 is 1.92 bits per heavy atom. The summed E-state index contributed by atoms with van der Waals surface area (Å²) in [7, 11) is 1.43. The Hall–Kier alpha value is -2.90. The molecule has 1 fully saturated rings.